The summed E-state index contributed by atoms with van der Waals surface area (Å²) in [5, 5.41) is 2.91. The number of unbranched alkanes of at least 4 members (excludes halogenated alkanes) is 1. The van der Waals surface area contributed by atoms with Crippen LogP contribution in [0.3, 0.4) is 0 Å². The summed E-state index contributed by atoms with van der Waals surface area (Å²) < 4.78 is 5.79. The van der Waals surface area contributed by atoms with Gasteiger partial charge in [-0.2, -0.15) is 0 Å². The lowest BCUT2D eigenvalue weighted by Gasteiger charge is -2.22. The van der Waals surface area contributed by atoms with E-state index in [0.29, 0.717) is 25.8 Å². The molecular weight excluding hydrogens is 256 g/mol. The summed E-state index contributed by atoms with van der Waals surface area (Å²) in [7, 11) is 1.95. The minimum Gasteiger partial charge on any atom is -0.472 e. The van der Waals surface area contributed by atoms with Crippen LogP contribution in [0.25, 0.3) is 0 Å². The number of rotatable bonds is 6. The molecule has 0 saturated carbocycles. The lowest BCUT2D eigenvalue weighted by Crippen LogP contribution is -2.32. The number of hydrogen-bond acceptors (Lipinski definition) is 4. The quantitative estimate of drug-likeness (QED) is 0.803. The van der Waals surface area contributed by atoms with E-state index < -0.39 is 0 Å². The number of nitrogens with one attached hydrogen (secondary N) is 1. The number of ketones is 1. The van der Waals surface area contributed by atoms with Crippen LogP contribution < -0.4 is 5.32 Å². The third-order valence-electron chi connectivity index (χ3n) is 3.61. The van der Waals surface area contributed by atoms with Gasteiger partial charge in [0, 0.05) is 26.4 Å². The van der Waals surface area contributed by atoms with E-state index in [9.17, 15) is 9.59 Å². The molecule has 5 nitrogen and oxygen atoms in total. The van der Waals surface area contributed by atoms with Crippen LogP contribution in [0.1, 0.15) is 39.0 Å². The number of allylic oxidation sites excluding steroid dienone is 3. The average Bonchev–Trinajstić information content (AvgIpc) is 2.72. The van der Waals surface area contributed by atoms with Gasteiger partial charge in [-0.1, -0.05) is 13.3 Å². The van der Waals surface area contributed by atoms with Crippen LogP contribution >= 0.6 is 0 Å². The van der Waals surface area contributed by atoms with Gasteiger partial charge in [-0.25, -0.2) is 0 Å². The topological polar surface area (TPSA) is 58.6 Å². The largest absolute Gasteiger partial charge is 0.472 e. The van der Waals surface area contributed by atoms with Crippen LogP contribution in [-0.2, 0) is 14.3 Å². The first kappa shape index (κ1) is 14.6. The smallest absolute Gasteiger partial charge is 0.219 e. The Morgan fingerprint density at radius 3 is 3.05 bits per heavy atom. The van der Waals surface area contributed by atoms with Crippen molar-refractivity contribution in [3.8, 4) is 0 Å². The second-order valence-corrected chi connectivity index (χ2v) is 5.21. The van der Waals surface area contributed by atoms with E-state index in [0.717, 1.165) is 24.3 Å². The molecule has 1 aliphatic carbocycles. The number of hydrogen-bond donors (Lipinski definition) is 1. The SMILES string of the molecule is CCCCC(=O)NCCC1OC2=C(C=CC(=O)C2)N1C. The molecular formula is C15H22N2O3. The van der Waals surface area contributed by atoms with Crippen LogP contribution in [0.2, 0.25) is 0 Å². The molecule has 0 saturated heterocycles. The van der Waals surface area contributed by atoms with E-state index in [1.807, 2.05) is 11.9 Å². The van der Waals surface area contributed by atoms with Gasteiger partial charge in [0.15, 0.2) is 12.0 Å². The van der Waals surface area contributed by atoms with Crippen LogP contribution in [-0.4, -0.2) is 36.4 Å². The first-order chi connectivity index (χ1) is 9.61. The van der Waals surface area contributed by atoms with Gasteiger partial charge in [0.05, 0.1) is 12.1 Å². The Balaban J connectivity index is 1.75. The molecule has 0 bridgehead atoms. The number of amides is 1. The first-order valence-electron chi connectivity index (χ1n) is 7.22. The molecule has 20 heavy (non-hydrogen) atoms. The third-order valence-corrected chi connectivity index (χ3v) is 3.61. The highest BCUT2D eigenvalue weighted by atomic mass is 16.5. The molecule has 110 valence electrons. The van der Waals surface area contributed by atoms with Gasteiger partial charge < -0.3 is 15.0 Å². The Bertz CT molecular complexity index is 454. The summed E-state index contributed by atoms with van der Waals surface area (Å²) in [6, 6.07) is 0. The lowest BCUT2D eigenvalue weighted by atomic mass is 10.1. The van der Waals surface area contributed by atoms with Crippen LogP contribution in [0, 0.1) is 0 Å². The van der Waals surface area contributed by atoms with Crippen molar-refractivity contribution in [2.75, 3.05) is 13.6 Å². The molecule has 0 aromatic heterocycles. The van der Waals surface area contributed by atoms with Crippen molar-refractivity contribution in [2.45, 2.75) is 45.3 Å². The standard InChI is InChI=1S/C15H22N2O3/c1-3-4-5-14(19)16-9-8-15-17(2)12-7-6-11(18)10-13(12)20-15/h6-7,15H,3-5,8-10H2,1-2H3,(H,16,19). The van der Waals surface area contributed by atoms with Gasteiger partial charge in [0.1, 0.15) is 5.76 Å². The zero-order chi connectivity index (χ0) is 14.5. The number of nitrogens with zero attached hydrogens (tertiary/aromatic N) is 1. The fourth-order valence-corrected chi connectivity index (χ4v) is 2.40. The molecule has 1 aliphatic heterocycles. The Morgan fingerprint density at radius 1 is 1.50 bits per heavy atom. The second-order valence-electron chi connectivity index (χ2n) is 5.21. The van der Waals surface area contributed by atoms with Gasteiger partial charge in [-0.05, 0) is 18.6 Å². The number of ether oxygens (including phenoxy) is 1. The molecule has 0 radical (unpaired) electrons. The molecule has 0 spiro atoms. The van der Waals surface area contributed by atoms with Crippen molar-refractivity contribution in [3.05, 3.63) is 23.6 Å². The molecule has 2 rings (SSSR count). The molecule has 1 N–H and O–H groups in total. The maximum absolute atomic E-state index is 11.5. The number of carbonyl (C=O) groups excluding carboxylic acids is 2. The van der Waals surface area contributed by atoms with E-state index >= 15 is 0 Å². The fourth-order valence-electron chi connectivity index (χ4n) is 2.40. The van der Waals surface area contributed by atoms with Gasteiger partial charge in [0.2, 0.25) is 5.91 Å². The zero-order valence-electron chi connectivity index (χ0n) is 12.1. The average molecular weight is 278 g/mol. The minimum atomic E-state index is -0.0953. The molecule has 0 aromatic carbocycles. The summed E-state index contributed by atoms with van der Waals surface area (Å²) in [6.45, 7) is 2.66. The van der Waals surface area contributed by atoms with Crippen LogP contribution in [0.5, 0.6) is 0 Å². The van der Waals surface area contributed by atoms with Crippen molar-refractivity contribution < 1.29 is 14.3 Å². The van der Waals surface area contributed by atoms with Gasteiger partial charge in [-0.3, -0.25) is 9.59 Å². The lowest BCUT2D eigenvalue weighted by molar-refractivity contribution is -0.121. The van der Waals surface area contributed by atoms with Crippen molar-refractivity contribution in [1.82, 2.24) is 10.2 Å². The normalized spacial score (nSPS) is 21.0. The monoisotopic (exact) mass is 278 g/mol. The predicted molar refractivity (Wildman–Crippen MR) is 75.6 cm³/mol. The Labute approximate surface area is 119 Å². The highest BCUT2D eigenvalue weighted by Gasteiger charge is 2.31. The van der Waals surface area contributed by atoms with Crippen molar-refractivity contribution >= 4 is 11.7 Å². The van der Waals surface area contributed by atoms with E-state index in [4.69, 9.17) is 4.74 Å². The van der Waals surface area contributed by atoms with E-state index in [1.165, 1.54) is 0 Å². The highest BCUT2D eigenvalue weighted by molar-refractivity contribution is 5.93. The van der Waals surface area contributed by atoms with Crippen LogP contribution in [0.15, 0.2) is 23.6 Å². The molecule has 1 heterocycles. The molecule has 0 aromatic rings. The van der Waals surface area contributed by atoms with Gasteiger partial charge in [0.25, 0.3) is 0 Å². The number of carbonyl (C=O) groups is 2. The first-order valence-corrected chi connectivity index (χ1v) is 7.22. The second kappa shape index (κ2) is 6.59. The maximum atomic E-state index is 11.5. The van der Waals surface area contributed by atoms with Crippen molar-refractivity contribution in [3.63, 3.8) is 0 Å². The molecule has 1 amide bonds. The Kier molecular flexibility index (Phi) is 4.82. The third kappa shape index (κ3) is 3.40. The summed E-state index contributed by atoms with van der Waals surface area (Å²) in [4.78, 5) is 24.9. The summed E-state index contributed by atoms with van der Waals surface area (Å²) in [5.74, 6) is 0.924. The molecule has 1 unspecified atom stereocenters. The molecule has 2 aliphatic rings. The van der Waals surface area contributed by atoms with Gasteiger partial charge in [-0.15, -0.1) is 0 Å². The maximum Gasteiger partial charge on any atom is 0.219 e. The summed E-state index contributed by atoms with van der Waals surface area (Å²) in [6.07, 6.45) is 6.90. The number of likely N-dealkylation sites (N-methyl/N-ethyl adjacent to an activating group) is 1. The zero-order valence-corrected chi connectivity index (χ0v) is 12.1. The predicted octanol–water partition coefficient (Wildman–Crippen LogP) is 1.71. The fraction of sp³-hybridized carbons (Fsp3) is 0.600. The van der Waals surface area contributed by atoms with Crippen LogP contribution in [0.4, 0.5) is 0 Å². The molecule has 5 heteroatoms. The van der Waals surface area contributed by atoms with Crippen molar-refractivity contribution in [2.24, 2.45) is 0 Å². The minimum absolute atomic E-state index is 0.0747. The van der Waals surface area contributed by atoms with E-state index in [-0.39, 0.29) is 17.9 Å². The Morgan fingerprint density at radius 2 is 2.30 bits per heavy atom. The molecule has 1 atom stereocenters. The molecule has 0 fully saturated rings. The van der Waals surface area contributed by atoms with Gasteiger partial charge >= 0.3 is 0 Å². The van der Waals surface area contributed by atoms with Crippen molar-refractivity contribution in [1.29, 1.82) is 0 Å². The Hall–Kier alpha value is -1.78. The highest BCUT2D eigenvalue weighted by Crippen LogP contribution is 2.31. The summed E-state index contributed by atoms with van der Waals surface area (Å²) >= 11 is 0. The summed E-state index contributed by atoms with van der Waals surface area (Å²) in [5.41, 5.74) is 0.979. The van der Waals surface area contributed by atoms with E-state index in [2.05, 4.69) is 12.2 Å². The van der Waals surface area contributed by atoms with E-state index in [1.54, 1.807) is 12.2 Å².